The zero-order valence-corrected chi connectivity index (χ0v) is 14.5. The molecule has 3 rings (SSSR count). The predicted molar refractivity (Wildman–Crippen MR) is 96.3 cm³/mol. The summed E-state index contributed by atoms with van der Waals surface area (Å²) >= 11 is 6.30. The van der Waals surface area contributed by atoms with E-state index in [9.17, 15) is 4.39 Å². The summed E-state index contributed by atoms with van der Waals surface area (Å²) in [6.45, 7) is 2.33. The van der Waals surface area contributed by atoms with Crippen molar-refractivity contribution >= 4 is 11.6 Å². The highest BCUT2D eigenvalue weighted by molar-refractivity contribution is 6.33. The molecule has 0 amide bonds. The Kier molecular flexibility index (Phi) is 5.38. The van der Waals surface area contributed by atoms with Crippen LogP contribution in [0.1, 0.15) is 44.6 Å². The zero-order valence-electron chi connectivity index (χ0n) is 13.7. The SMILES string of the molecule is CC1CCC(CCc2ccc(-c3ccccc3)c(Cl)c2F)CC1. The molecule has 23 heavy (non-hydrogen) atoms. The lowest BCUT2D eigenvalue weighted by atomic mass is 9.80. The van der Waals surface area contributed by atoms with Gasteiger partial charge in [-0.1, -0.05) is 86.7 Å². The van der Waals surface area contributed by atoms with E-state index in [2.05, 4.69) is 6.92 Å². The molecule has 0 N–H and O–H groups in total. The molecule has 0 atom stereocenters. The van der Waals surface area contributed by atoms with Crippen LogP contribution in [0.15, 0.2) is 42.5 Å². The van der Waals surface area contributed by atoms with Crippen LogP contribution in [0.5, 0.6) is 0 Å². The molecule has 0 aliphatic heterocycles. The molecule has 2 aromatic carbocycles. The number of halogens is 2. The van der Waals surface area contributed by atoms with Gasteiger partial charge in [-0.2, -0.15) is 0 Å². The fourth-order valence-corrected chi connectivity index (χ4v) is 3.89. The molecule has 2 heteroatoms. The topological polar surface area (TPSA) is 0 Å². The second kappa shape index (κ2) is 7.49. The summed E-state index contributed by atoms with van der Waals surface area (Å²) in [6, 6.07) is 13.6. The van der Waals surface area contributed by atoms with E-state index in [1.54, 1.807) is 0 Å². The Morgan fingerprint density at radius 1 is 1.00 bits per heavy atom. The highest BCUT2D eigenvalue weighted by atomic mass is 35.5. The first-order chi connectivity index (χ1) is 11.1. The third-order valence-electron chi connectivity index (χ3n) is 5.20. The van der Waals surface area contributed by atoms with E-state index >= 15 is 0 Å². The number of aryl methyl sites for hydroxylation is 1. The fraction of sp³-hybridized carbons (Fsp3) is 0.429. The van der Waals surface area contributed by atoms with Crippen molar-refractivity contribution in [1.82, 2.24) is 0 Å². The van der Waals surface area contributed by atoms with E-state index in [4.69, 9.17) is 11.6 Å². The molecule has 0 bridgehead atoms. The summed E-state index contributed by atoms with van der Waals surface area (Å²) in [7, 11) is 0. The normalized spacial score (nSPS) is 21.3. The summed E-state index contributed by atoms with van der Waals surface area (Å²) in [5.41, 5.74) is 2.50. The lowest BCUT2D eigenvalue weighted by molar-refractivity contribution is 0.277. The molecule has 0 spiro atoms. The summed E-state index contributed by atoms with van der Waals surface area (Å²) < 4.78 is 14.6. The van der Waals surface area contributed by atoms with E-state index < -0.39 is 0 Å². The minimum atomic E-state index is -0.239. The molecular formula is C21H24ClF. The fourth-order valence-electron chi connectivity index (χ4n) is 3.60. The van der Waals surface area contributed by atoms with Crippen LogP contribution in [0, 0.1) is 17.7 Å². The average Bonchev–Trinajstić information content (AvgIpc) is 2.58. The molecule has 1 fully saturated rings. The van der Waals surface area contributed by atoms with Crippen LogP contribution in [0.25, 0.3) is 11.1 Å². The highest BCUT2D eigenvalue weighted by Gasteiger charge is 2.19. The van der Waals surface area contributed by atoms with Crippen molar-refractivity contribution in [1.29, 1.82) is 0 Å². The zero-order chi connectivity index (χ0) is 16.2. The van der Waals surface area contributed by atoms with Crippen LogP contribution in [0.3, 0.4) is 0 Å². The van der Waals surface area contributed by atoms with E-state index in [0.717, 1.165) is 41.4 Å². The number of rotatable bonds is 4. The molecule has 0 radical (unpaired) electrons. The number of hydrogen-bond donors (Lipinski definition) is 0. The third-order valence-corrected chi connectivity index (χ3v) is 5.57. The van der Waals surface area contributed by atoms with Gasteiger partial charge < -0.3 is 0 Å². The minimum Gasteiger partial charge on any atom is -0.205 e. The summed E-state index contributed by atoms with van der Waals surface area (Å²) in [4.78, 5) is 0. The Hall–Kier alpha value is -1.34. The molecule has 1 saturated carbocycles. The second-order valence-corrected chi connectivity index (χ2v) is 7.31. The lowest BCUT2D eigenvalue weighted by Gasteiger charge is -2.26. The second-order valence-electron chi connectivity index (χ2n) is 6.93. The van der Waals surface area contributed by atoms with Crippen molar-refractivity contribution in [2.24, 2.45) is 11.8 Å². The first kappa shape index (κ1) is 16.5. The van der Waals surface area contributed by atoms with Crippen LogP contribution in [0.2, 0.25) is 5.02 Å². The molecular weight excluding hydrogens is 307 g/mol. The van der Waals surface area contributed by atoms with Crippen LogP contribution in [-0.2, 0) is 6.42 Å². The maximum Gasteiger partial charge on any atom is 0.145 e. The largest absolute Gasteiger partial charge is 0.205 e. The van der Waals surface area contributed by atoms with Crippen molar-refractivity contribution in [3.05, 3.63) is 58.9 Å². The molecule has 0 saturated heterocycles. The van der Waals surface area contributed by atoms with Gasteiger partial charge in [0.05, 0.1) is 5.02 Å². The number of benzene rings is 2. The van der Waals surface area contributed by atoms with Crippen molar-refractivity contribution in [3.8, 4) is 11.1 Å². The smallest absolute Gasteiger partial charge is 0.145 e. The van der Waals surface area contributed by atoms with Gasteiger partial charge in [-0.25, -0.2) is 4.39 Å². The maximum absolute atomic E-state index is 14.6. The van der Waals surface area contributed by atoms with Gasteiger partial charge in [-0.05, 0) is 35.8 Å². The first-order valence-corrected chi connectivity index (χ1v) is 9.05. The number of hydrogen-bond acceptors (Lipinski definition) is 0. The van der Waals surface area contributed by atoms with Gasteiger partial charge >= 0.3 is 0 Å². The van der Waals surface area contributed by atoms with E-state index in [1.807, 2.05) is 42.5 Å². The van der Waals surface area contributed by atoms with Crippen molar-refractivity contribution < 1.29 is 4.39 Å². The van der Waals surface area contributed by atoms with Crippen LogP contribution in [0.4, 0.5) is 4.39 Å². The Labute approximate surface area is 143 Å². The standard InChI is InChI=1S/C21H24ClF/c1-15-7-9-16(10-8-15)11-12-18-13-14-19(20(22)21(18)23)17-5-3-2-4-6-17/h2-6,13-16H,7-12H2,1H3. The molecule has 0 heterocycles. The van der Waals surface area contributed by atoms with Gasteiger partial charge in [-0.15, -0.1) is 0 Å². The predicted octanol–water partition coefficient (Wildman–Crippen LogP) is 6.91. The Bertz CT molecular complexity index is 642. The van der Waals surface area contributed by atoms with Crippen LogP contribution in [-0.4, -0.2) is 0 Å². The van der Waals surface area contributed by atoms with E-state index in [0.29, 0.717) is 0 Å². The molecule has 1 aliphatic rings. The summed E-state index contributed by atoms with van der Waals surface area (Å²) in [6.07, 6.45) is 7.09. The quantitative estimate of drug-likeness (QED) is 0.571. The molecule has 0 nitrogen and oxygen atoms in total. The van der Waals surface area contributed by atoms with Crippen molar-refractivity contribution in [3.63, 3.8) is 0 Å². The van der Waals surface area contributed by atoms with E-state index in [1.165, 1.54) is 25.7 Å². The Morgan fingerprint density at radius 3 is 2.39 bits per heavy atom. The summed E-state index contributed by atoms with van der Waals surface area (Å²) in [5.74, 6) is 1.37. The lowest BCUT2D eigenvalue weighted by Crippen LogP contribution is -2.13. The van der Waals surface area contributed by atoms with Gasteiger partial charge in [0.15, 0.2) is 0 Å². The van der Waals surface area contributed by atoms with Crippen molar-refractivity contribution in [2.75, 3.05) is 0 Å². The van der Waals surface area contributed by atoms with Crippen LogP contribution >= 0.6 is 11.6 Å². The molecule has 122 valence electrons. The van der Waals surface area contributed by atoms with Gasteiger partial charge in [-0.3, -0.25) is 0 Å². The molecule has 0 unspecified atom stereocenters. The molecule has 1 aliphatic carbocycles. The molecule has 0 aromatic heterocycles. The van der Waals surface area contributed by atoms with Crippen LogP contribution < -0.4 is 0 Å². The maximum atomic E-state index is 14.6. The highest BCUT2D eigenvalue weighted by Crippen LogP contribution is 2.34. The Balaban J connectivity index is 1.70. The van der Waals surface area contributed by atoms with Gasteiger partial charge in [0.25, 0.3) is 0 Å². The summed E-state index contributed by atoms with van der Waals surface area (Å²) in [5, 5.41) is 0.256. The molecule has 2 aromatic rings. The minimum absolute atomic E-state index is 0.239. The first-order valence-electron chi connectivity index (χ1n) is 8.67. The van der Waals surface area contributed by atoms with E-state index in [-0.39, 0.29) is 10.8 Å². The van der Waals surface area contributed by atoms with Gasteiger partial charge in [0.2, 0.25) is 0 Å². The Morgan fingerprint density at radius 2 is 1.70 bits per heavy atom. The van der Waals surface area contributed by atoms with Gasteiger partial charge in [0, 0.05) is 5.56 Å². The monoisotopic (exact) mass is 330 g/mol. The van der Waals surface area contributed by atoms with Crippen molar-refractivity contribution in [2.45, 2.75) is 45.4 Å². The third kappa shape index (κ3) is 3.95. The average molecular weight is 331 g/mol. The van der Waals surface area contributed by atoms with Gasteiger partial charge in [0.1, 0.15) is 5.82 Å².